The second kappa shape index (κ2) is 6.74. The summed E-state index contributed by atoms with van der Waals surface area (Å²) in [6.45, 7) is 0. The smallest absolute Gasteiger partial charge is 0.150 e. The van der Waals surface area contributed by atoms with E-state index in [-0.39, 0.29) is 0 Å². The molecular weight excluding hydrogens is 236 g/mol. The number of hydrogen-bond donors (Lipinski definition) is 0. The van der Waals surface area contributed by atoms with Gasteiger partial charge in [-0.05, 0) is 36.5 Å². The number of ether oxygens (including phenoxy) is 1. The number of carbonyl (C=O) groups excluding carboxylic acids is 1. The van der Waals surface area contributed by atoms with E-state index in [0.29, 0.717) is 5.56 Å². The van der Waals surface area contributed by atoms with Gasteiger partial charge in [0.2, 0.25) is 0 Å². The van der Waals surface area contributed by atoms with Crippen LogP contribution in [0.25, 0.3) is 0 Å². The van der Waals surface area contributed by atoms with Crippen LogP contribution in [-0.2, 0) is 12.8 Å². The quantitative estimate of drug-likeness (QED) is 0.735. The summed E-state index contributed by atoms with van der Waals surface area (Å²) in [7, 11) is 1.64. The Balaban J connectivity index is 1.97. The van der Waals surface area contributed by atoms with E-state index in [9.17, 15) is 4.79 Å². The van der Waals surface area contributed by atoms with Crippen LogP contribution in [0.15, 0.2) is 48.5 Å². The average molecular weight is 254 g/mol. The Kier molecular flexibility index (Phi) is 4.73. The van der Waals surface area contributed by atoms with Crippen molar-refractivity contribution in [3.05, 3.63) is 65.2 Å². The van der Waals surface area contributed by atoms with Crippen LogP contribution >= 0.6 is 0 Å². The first-order chi connectivity index (χ1) is 9.33. The van der Waals surface area contributed by atoms with Gasteiger partial charge in [0.15, 0.2) is 0 Å². The number of hydrogen-bond acceptors (Lipinski definition) is 2. The molecule has 0 radical (unpaired) electrons. The largest absolute Gasteiger partial charge is 0.496 e. The molecule has 19 heavy (non-hydrogen) atoms. The highest BCUT2D eigenvalue weighted by Gasteiger charge is 2.04. The van der Waals surface area contributed by atoms with Gasteiger partial charge in [-0.2, -0.15) is 0 Å². The van der Waals surface area contributed by atoms with Crippen LogP contribution in [-0.4, -0.2) is 13.4 Å². The Bertz CT molecular complexity index is 532. The molecule has 0 aliphatic heterocycles. The molecule has 0 atom stereocenters. The number of aldehydes is 1. The second-order valence-corrected chi connectivity index (χ2v) is 4.53. The molecule has 2 heteroatoms. The minimum absolute atomic E-state index is 0.656. The summed E-state index contributed by atoms with van der Waals surface area (Å²) in [5.74, 6) is 0.803. The maximum atomic E-state index is 10.7. The molecule has 2 rings (SSSR count). The van der Waals surface area contributed by atoms with Crippen LogP contribution in [0.2, 0.25) is 0 Å². The van der Waals surface area contributed by atoms with Gasteiger partial charge in [0.25, 0.3) is 0 Å². The molecule has 0 aromatic heterocycles. The third-order valence-corrected chi connectivity index (χ3v) is 3.20. The number of benzene rings is 2. The Morgan fingerprint density at radius 1 is 1.05 bits per heavy atom. The SMILES string of the molecule is COc1cc(C=O)ccc1CCCc1ccccc1. The van der Waals surface area contributed by atoms with Gasteiger partial charge in [0.05, 0.1) is 7.11 Å². The molecule has 0 spiro atoms. The van der Waals surface area contributed by atoms with Crippen molar-refractivity contribution in [1.82, 2.24) is 0 Å². The lowest BCUT2D eigenvalue weighted by Gasteiger charge is -2.09. The van der Waals surface area contributed by atoms with Crippen molar-refractivity contribution in [2.24, 2.45) is 0 Å². The summed E-state index contributed by atoms with van der Waals surface area (Å²) in [6, 6.07) is 16.1. The molecule has 0 saturated heterocycles. The highest BCUT2D eigenvalue weighted by molar-refractivity contribution is 5.75. The number of methoxy groups -OCH3 is 1. The first-order valence-electron chi connectivity index (χ1n) is 6.49. The molecule has 0 aliphatic rings. The third kappa shape index (κ3) is 3.68. The van der Waals surface area contributed by atoms with Gasteiger partial charge in [-0.15, -0.1) is 0 Å². The fraction of sp³-hybridized carbons (Fsp3) is 0.235. The monoisotopic (exact) mass is 254 g/mol. The molecule has 0 N–H and O–H groups in total. The predicted molar refractivity (Wildman–Crippen MR) is 76.8 cm³/mol. The van der Waals surface area contributed by atoms with Crippen molar-refractivity contribution in [2.45, 2.75) is 19.3 Å². The summed E-state index contributed by atoms with van der Waals surface area (Å²) in [5.41, 5.74) is 3.17. The maximum Gasteiger partial charge on any atom is 0.150 e. The second-order valence-electron chi connectivity index (χ2n) is 4.53. The highest BCUT2D eigenvalue weighted by Crippen LogP contribution is 2.21. The molecule has 0 unspecified atom stereocenters. The normalized spacial score (nSPS) is 10.2. The van der Waals surface area contributed by atoms with Gasteiger partial charge in [-0.3, -0.25) is 4.79 Å². The van der Waals surface area contributed by atoms with E-state index in [0.717, 1.165) is 36.9 Å². The molecule has 0 amide bonds. The summed E-state index contributed by atoms with van der Waals surface area (Å²) in [4.78, 5) is 10.7. The van der Waals surface area contributed by atoms with Gasteiger partial charge in [-0.1, -0.05) is 42.5 Å². The standard InChI is InChI=1S/C17H18O2/c1-19-17-12-15(13-18)10-11-16(17)9-5-8-14-6-3-2-4-7-14/h2-4,6-7,10-13H,5,8-9H2,1H3. The van der Waals surface area contributed by atoms with Gasteiger partial charge < -0.3 is 4.74 Å². The fourth-order valence-electron chi connectivity index (χ4n) is 2.17. The molecule has 2 aromatic carbocycles. The van der Waals surface area contributed by atoms with Crippen LogP contribution in [0.4, 0.5) is 0 Å². The Labute approximate surface area is 114 Å². The first kappa shape index (κ1) is 13.3. The van der Waals surface area contributed by atoms with Crippen molar-refractivity contribution in [3.8, 4) is 5.75 Å². The average Bonchev–Trinajstić information content (AvgIpc) is 2.48. The van der Waals surface area contributed by atoms with Crippen LogP contribution in [0.3, 0.4) is 0 Å². The van der Waals surface area contributed by atoms with E-state index >= 15 is 0 Å². The summed E-state index contributed by atoms with van der Waals surface area (Å²) in [6.07, 6.45) is 3.92. The van der Waals surface area contributed by atoms with Gasteiger partial charge in [-0.25, -0.2) is 0 Å². The lowest BCUT2D eigenvalue weighted by molar-refractivity contribution is 0.112. The van der Waals surface area contributed by atoms with E-state index in [1.807, 2.05) is 18.2 Å². The van der Waals surface area contributed by atoms with E-state index in [1.54, 1.807) is 13.2 Å². The molecule has 0 saturated carbocycles. The van der Waals surface area contributed by atoms with Gasteiger partial charge in [0.1, 0.15) is 12.0 Å². The molecule has 0 bridgehead atoms. The lowest BCUT2D eigenvalue weighted by atomic mass is 10.0. The maximum absolute atomic E-state index is 10.7. The Morgan fingerprint density at radius 2 is 1.84 bits per heavy atom. The minimum Gasteiger partial charge on any atom is -0.496 e. The number of rotatable bonds is 6. The Hall–Kier alpha value is -2.09. The van der Waals surface area contributed by atoms with Gasteiger partial charge >= 0.3 is 0 Å². The zero-order valence-corrected chi connectivity index (χ0v) is 11.1. The summed E-state index contributed by atoms with van der Waals surface area (Å²) in [5, 5.41) is 0. The van der Waals surface area contributed by atoms with Crippen molar-refractivity contribution >= 4 is 6.29 Å². The first-order valence-corrected chi connectivity index (χ1v) is 6.49. The van der Waals surface area contributed by atoms with E-state index in [2.05, 4.69) is 24.3 Å². The van der Waals surface area contributed by atoms with E-state index in [4.69, 9.17) is 4.74 Å². The zero-order valence-electron chi connectivity index (χ0n) is 11.1. The number of carbonyl (C=O) groups is 1. The van der Waals surface area contributed by atoms with Gasteiger partial charge in [0, 0.05) is 5.56 Å². The molecule has 0 fully saturated rings. The van der Waals surface area contributed by atoms with Crippen LogP contribution in [0.1, 0.15) is 27.9 Å². The van der Waals surface area contributed by atoms with Crippen LogP contribution < -0.4 is 4.74 Å². The molecule has 98 valence electrons. The van der Waals surface area contributed by atoms with Crippen LogP contribution in [0.5, 0.6) is 5.75 Å². The predicted octanol–water partition coefficient (Wildman–Crippen LogP) is 3.68. The third-order valence-electron chi connectivity index (χ3n) is 3.20. The summed E-state index contributed by atoms with van der Waals surface area (Å²) >= 11 is 0. The van der Waals surface area contributed by atoms with Crippen molar-refractivity contribution in [3.63, 3.8) is 0 Å². The molecule has 2 aromatic rings. The number of aryl methyl sites for hydroxylation is 2. The minimum atomic E-state index is 0.656. The van der Waals surface area contributed by atoms with E-state index in [1.165, 1.54) is 5.56 Å². The van der Waals surface area contributed by atoms with E-state index < -0.39 is 0 Å². The van der Waals surface area contributed by atoms with Crippen molar-refractivity contribution in [1.29, 1.82) is 0 Å². The highest BCUT2D eigenvalue weighted by atomic mass is 16.5. The zero-order chi connectivity index (χ0) is 13.5. The lowest BCUT2D eigenvalue weighted by Crippen LogP contribution is -1.95. The fourth-order valence-corrected chi connectivity index (χ4v) is 2.17. The molecule has 0 aliphatic carbocycles. The van der Waals surface area contributed by atoms with Crippen LogP contribution in [0, 0.1) is 0 Å². The van der Waals surface area contributed by atoms with Crippen molar-refractivity contribution in [2.75, 3.05) is 7.11 Å². The van der Waals surface area contributed by atoms with Crippen molar-refractivity contribution < 1.29 is 9.53 Å². The molecule has 0 heterocycles. The topological polar surface area (TPSA) is 26.3 Å². The molecular formula is C17H18O2. The summed E-state index contributed by atoms with van der Waals surface area (Å²) < 4.78 is 5.33. The molecule has 2 nitrogen and oxygen atoms in total. The Morgan fingerprint density at radius 3 is 2.53 bits per heavy atom.